The Morgan fingerprint density at radius 1 is 0.919 bits per heavy atom. The summed E-state index contributed by atoms with van der Waals surface area (Å²) < 4.78 is 23.8. The molecular formula is C27H41N2O8+. The van der Waals surface area contributed by atoms with Gasteiger partial charge in [0, 0.05) is 26.3 Å². The molecule has 10 heteroatoms. The number of ether oxygens (including phenoxy) is 4. The first-order valence-corrected chi connectivity index (χ1v) is 13.2. The van der Waals surface area contributed by atoms with Gasteiger partial charge < -0.3 is 24.7 Å². The normalized spacial score (nSPS) is 20.8. The Balaban J connectivity index is 1.95. The minimum Gasteiger partial charge on any atom is -0.463 e. The summed E-state index contributed by atoms with van der Waals surface area (Å²) in [5, 5.41) is 0. The van der Waals surface area contributed by atoms with Crippen LogP contribution in [0.25, 0.3) is 0 Å². The quantitative estimate of drug-likeness (QED) is 0.152. The third kappa shape index (κ3) is 10.5. The van der Waals surface area contributed by atoms with Crippen molar-refractivity contribution in [2.45, 2.75) is 110 Å². The van der Waals surface area contributed by atoms with Crippen LogP contribution in [-0.4, -0.2) is 48.7 Å². The Kier molecular flexibility index (Phi) is 13.0. The molecular weight excluding hydrogens is 480 g/mol. The maximum Gasteiger partial charge on any atom is 0.305 e. The van der Waals surface area contributed by atoms with Crippen LogP contribution >= 0.6 is 0 Å². The monoisotopic (exact) mass is 521 g/mol. The number of nitrogens with two attached hydrogens (primary N) is 1. The molecule has 0 radical (unpaired) electrons. The zero-order valence-corrected chi connectivity index (χ0v) is 22.2. The summed E-state index contributed by atoms with van der Waals surface area (Å²) in [4.78, 5) is 47.6. The van der Waals surface area contributed by atoms with Crippen molar-refractivity contribution in [3.05, 3.63) is 30.1 Å². The number of amides is 1. The summed E-state index contributed by atoms with van der Waals surface area (Å²) in [5.41, 5.74) is 5.60. The first kappa shape index (κ1) is 30.2. The molecule has 0 saturated carbocycles. The van der Waals surface area contributed by atoms with Crippen molar-refractivity contribution < 1.29 is 42.7 Å². The summed E-state index contributed by atoms with van der Waals surface area (Å²) in [6.45, 7) is 4.48. The number of unbranched alkanes of at least 4 members (excludes halogenated alkanes) is 8. The van der Waals surface area contributed by atoms with Crippen LogP contribution in [0, 0.1) is 0 Å². The van der Waals surface area contributed by atoms with E-state index in [4.69, 9.17) is 24.7 Å². The van der Waals surface area contributed by atoms with Crippen molar-refractivity contribution in [2.75, 3.05) is 6.61 Å². The maximum atomic E-state index is 12.3. The van der Waals surface area contributed by atoms with Crippen LogP contribution in [0.1, 0.15) is 102 Å². The Morgan fingerprint density at radius 2 is 1.51 bits per heavy atom. The number of carbonyl (C=O) groups is 4. The highest BCUT2D eigenvalue weighted by Gasteiger charge is 2.54. The van der Waals surface area contributed by atoms with Crippen molar-refractivity contribution in [1.29, 1.82) is 0 Å². The van der Waals surface area contributed by atoms with Crippen LogP contribution in [0.15, 0.2) is 24.5 Å². The second-order valence-electron chi connectivity index (χ2n) is 9.38. The largest absolute Gasteiger partial charge is 0.463 e. The molecule has 1 fully saturated rings. The van der Waals surface area contributed by atoms with Gasteiger partial charge in [0.15, 0.2) is 18.5 Å². The van der Waals surface area contributed by atoms with Gasteiger partial charge in [-0.15, -0.1) is 0 Å². The average Bonchev–Trinajstić information content (AvgIpc) is 3.17. The van der Waals surface area contributed by atoms with E-state index in [0.717, 1.165) is 19.3 Å². The summed E-state index contributed by atoms with van der Waals surface area (Å²) in [6, 6.07) is 3.12. The van der Waals surface area contributed by atoms with E-state index in [1.807, 2.05) is 0 Å². The van der Waals surface area contributed by atoms with Gasteiger partial charge in [0.1, 0.15) is 18.3 Å². The fraction of sp³-hybridized carbons (Fsp3) is 0.667. The highest BCUT2D eigenvalue weighted by atomic mass is 16.7. The van der Waals surface area contributed by atoms with Crippen LogP contribution in [0.2, 0.25) is 0 Å². The van der Waals surface area contributed by atoms with Gasteiger partial charge in [-0.25, -0.2) is 0 Å². The molecule has 206 valence electrons. The minimum atomic E-state index is -1.03. The predicted molar refractivity (Wildman–Crippen MR) is 133 cm³/mol. The second-order valence-corrected chi connectivity index (χ2v) is 9.38. The smallest absolute Gasteiger partial charge is 0.305 e. The van der Waals surface area contributed by atoms with E-state index in [1.165, 1.54) is 69.2 Å². The van der Waals surface area contributed by atoms with Gasteiger partial charge in [-0.05, 0) is 12.5 Å². The first-order valence-electron chi connectivity index (χ1n) is 13.2. The Hall–Kier alpha value is -3.01. The first-order chi connectivity index (χ1) is 17.7. The molecule has 0 unspecified atom stereocenters. The summed E-state index contributed by atoms with van der Waals surface area (Å²) in [5.74, 6) is -2.22. The molecule has 0 aliphatic carbocycles. The maximum absolute atomic E-state index is 12.3. The highest BCUT2D eigenvalue weighted by Crippen LogP contribution is 2.31. The molecule has 2 rings (SSSR count). The Bertz CT molecular complexity index is 906. The zero-order chi connectivity index (χ0) is 27.2. The van der Waals surface area contributed by atoms with Crippen molar-refractivity contribution in [1.82, 2.24) is 0 Å². The van der Waals surface area contributed by atoms with Crippen molar-refractivity contribution in [3.8, 4) is 0 Å². The van der Waals surface area contributed by atoms with Crippen LogP contribution in [0.5, 0.6) is 0 Å². The number of esters is 3. The molecule has 37 heavy (non-hydrogen) atoms. The van der Waals surface area contributed by atoms with E-state index in [-0.39, 0.29) is 24.6 Å². The fourth-order valence-corrected chi connectivity index (χ4v) is 4.36. The molecule has 1 amide bonds. The van der Waals surface area contributed by atoms with Crippen LogP contribution in [-0.2, 0) is 33.3 Å². The van der Waals surface area contributed by atoms with Gasteiger partial charge >= 0.3 is 24.1 Å². The molecule has 2 N–H and O–H groups in total. The van der Waals surface area contributed by atoms with E-state index in [2.05, 4.69) is 6.92 Å². The lowest BCUT2D eigenvalue weighted by atomic mass is 10.1. The minimum absolute atomic E-state index is 0.182. The molecule has 1 aliphatic heterocycles. The predicted octanol–water partition coefficient (Wildman–Crippen LogP) is 3.30. The molecule has 0 aromatic carbocycles. The Morgan fingerprint density at radius 3 is 2.11 bits per heavy atom. The number of pyridine rings is 1. The van der Waals surface area contributed by atoms with Crippen LogP contribution in [0.3, 0.4) is 0 Å². The number of hydrogen-bond donors (Lipinski definition) is 1. The van der Waals surface area contributed by atoms with E-state index in [0.29, 0.717) is 0 Å². The SMILES string of the molecule is CCCCCCCCCCCC(=O)OC[C@H]1O[C@@H]([n+]2cccc(C(N)=O)c2)[C@H](OC(C)=O)[C@@H]1OC(C)=O. The lowest BCUT2D eigenvalue weighted by Gasteiger charge is -2.21. The number of primary amides is 1. The molecule has 10 nitrogen and oxygen atoms in total. The third-order valence-corrected chi connectivity index (χ3v) is 6.18. The summed E-state index contributed by atoms with van der Waals surface area (Å²) in [7, 11) is 0. The van der Waals surface area contributed by atoms with E-state index >= 15 is 0 Å². The van der Waals surface area contributed by atoms with Crippen molar-refractivity contribution in [2.24, 2.45) is 5.73 Å². The van der Waals surface area contributed by atoms with E-state index in [9.17, 15) is 19.2 Å². The fourth-order valence-electron chi connectivity index (χ4n) is 4.36. The van der Waals surface area contributed by atoms with Crippen molar-refractivity contribution in [3.63, 3.8) is 0 Å². The molecule has 1 aromatic rings. The van der Waals surface area contributed by atoms with E-state index < -0.39 is 42.4 Å². The van der Waals surface area contributed by atoms with Gasteiger partial charge in [0.2, 0.25) is 6.10 Å². The second kappa shape index (κ2) is 16.0. The van der Waals surface area contributed by atoms with Crippen molar-refractivity contribution >= 4 is 23.8 Å². The standard InChI is InChI=1S/C27H40N2O8/c1-4-5-6-7-8-9-10-11-12-15-23(32)34-18-22-24(35-19(2)30)25(36-20(3)31)27(37-22)29-16-13-14-21(17-29)26(28)33/h13-14,16-17,22,24-25,27H,4-12,15,18H2,1-3H3,(H-,28,33)/p+1/t22-,24-,25-,27-/m1/s1. The van der Waals surface area contributed by atoms with Gasteiger partial charge in [0.25, 0.3) is 5.91 Å². The number of nitrogens with zero attached hydrogens (tertiary/aromatic N) is 1. The average molecular weight is 522 g/mol. The Labute approximate surface area is 218 Å². The molecule has 4 atom stereocenters. The van der Waals surface area contributed by atoms with Gasteiger partial charge in [-0.3, -0.25) is 19.2 Å². The molecule has 2 heterocycles. The molecule has 1 aromatic heterocycles. The third-order valence-electron chi connectivity index (χ3n) is 6.18. The topological polar surface area (TPSA) is 135 Å². The summed E-state index contributed by atoms with van der Waals surface area (Å²) in [6.07, 6.45) is 9.74. The number of hydrogen-bond acceptors (Lipinski definition) is 8. The number of rotatable bonds is 16. The molecule has 0 spiro atoms. The zero-order valence-electron chi connectivity index (χ0n) is 22.2. The lowest BCUT2D eigenvalue weighted by Crippen LogP contribution is -2.48. The summed E-state index contributed by atoms with van der Waals surface area (Å²) >= 11 is 0. The highest BCUT2D eigenvalue weighted by molar-refractivity contribution is 5.92. The molecule has 1 aliphatic rings. The molecule has 0 bridgehead atoms. The van der Waals surface area contributed by atoms with Crippen LogP contribution in [0.4, 0.5) is 0 Å². The van der Waals surface area contributed by atoms with E-state index in [1.54, 1.807) is 12.3 Å². The van der Waals surface area contributed by atoms with Gasteiger partial charge in [-0.1, -0.05) is 58.3 Å². The lowest BCUT2D eigenvalue weighted by molar-refractivity contribution is -0.765. The van der Waals surface area contributed by atoms with Gasteiger partial charge in [-0.2, -0.15) is 4.57 Å². The molecule has 1 saturated heterocycles. The van der Waals surface area contributed by atoms with Crippen LogP contribution < -0.4 is 10.3 Å². The number of carbonyl (C=O) groups excluding carboxylic acids is 4. The van der Waals surface area contributed by atoms with Gasteiger partial charge in [0.05, 0.1) is 0 Å². The number of aromatic nitrogens is 1.